The third-order valence-electron chi connectivity index (χ3n) is 3.28. The maximum atomic E-state index is 8.68. The van der Waals surface area contributed by atoms with Crippen molar-refractivity contribution in [2.45, 2.75) is 25.7 Å². The number of para-hydroxylation sites is 1. The van der Waals surface area contributed by atoms with Gasteiger partial charge in [-0.25, -0.2) is 0 Å². The minimum atomic E-state index is 0.0873. The lowest BCUT2D eigenvalue weighted by atomic mass is 9.83. The Balaban J connectivity index is 1.94. The number of oxime groups is 1. The SMILES string of the molecule is N/C(=N/O)c1ccccc1OCCC1CCC1. The topological polar surface area (TPSA) is 67.8 Å². The summed E-state index contributed by atoms with van der Waals surface area (Å²) >= 11 is 0. The fourth-order valence-electron chi connectivity index (χ4n) is 1.98. The lowest BCUT2D eigenvalue weighted by Crippen LogP contribution is -2.17. The molecule has 0 saturated heterocycles. The third kappa shape index (κ3) is 2.90. The average molecular weight is 234 g/mol. The van der Waals surface area contributed by atoms with Crippen molar-refractivity contribution >= 4 is 5.84 Å². The summed E-state index contributed by atoms with van der Waals surface area (Å²) in [4.78, 5) is 0. The highest BCUT2D eigenvalue weighted by molar-refractivity contribution is 5.99. The molecule has 4 nitrogen and oxygen atoms in total. The van der Waals surface area contributed by atoms with Crippen LogP contribution in [0.5, 0.6) is 5.75 Å². The molecule has 1 aliphatic carbocycles. The lowest BCUT2D eigenvalue weighted by molar-refractivity contribution is 0.221. The number of hydrogen-bond donors (Lipinski definition) is 2. The second kappa shape index (κ2) is 5.57. The summed E-state index contributed by atoms with van der Waals surface area (Å²) in [6.45, 7) is 0.695. The molecule has 0 atom stereocenters. The van der Waals surface area contributed by atoms with Crippen LogP contribution in [0.4, 0.5) is 0 Å². The van der Waals surface area contributed by atoms with Crippen molar-refractivity contribution in [3.05, 3.63) is 29.8 Å². The molecular weight excluding hydrogens is 216 g/mol. The zero-order valence-electron chi connectivity index (χ0n) is 9.80. The number of nitrogens with two attached hydrogens (primary N) is 1. The van der Waals surface area contributed by atoms with Gasteiger partial charge < -0.3 is 15.7 Å². The Kier molecular flexibility index (Phi) is 3.85. The number of benzene rings is 1. The number of ether oxygens (including phenoxy) is 1. The Morgan fingerprint density at radius 1 is 1.41 bits per heavy atom. The first kappa shape index (κ1) is 11.8. The van der Waals surface area contributed by atoms with Crippen LogP contribution in [0.3, 0.4) is 0 Å². The van der Waals surface area contributed by atoms with Gasteiger partial charge in [0.15, 0.2) is 5.84 Å². The highest BCUT2D eigenvalue weighted by atomic mass is 16.5. The monoisotopic (exact) mass is 234 g/mol. The molecule has 0 aromatic heterocycles. The van der Waals surface area contributed by atoms with E-state index in [9.17, 15) is 0 Å². The van der Waals surface area contributed by atoms with Crippen molar-refractivity contribution in [1.82, 2.24) is 0 Å². The Morgan fingerprint density at radius 3 is 2.82 bits per heavy atom. The van der Waals surface area contributed by atoms with E-state index in [4.69, 9.17) is 15.7 Å². The largest absolute Gasteiger partial charge is 0.493 e. The van der Waals surface area contributed by atoms with E-state index in [0.29, 0.717) is 17.9 Å². The molecular formula is C13H18N2O2. The summed E-state index contributed by atoms with van der Waals surface area (Å²) in [5.41, 5.74) is 6.23. The van der Waals surface area contributed by atoms with Gasteiger partial charge in [0.25, 0.3) is 0 Å². The number of rotatable bonds is 5. The molecule has 4 heteroatoms. The zero-order chi connectivity index (χ0) is 12.1. The van der Waals surface area contributed by atoms with E-state index >= 15 is 0 Å². The molecule has 0 aliphatic heterocycles. The van der Waals surface area contributed by atoms with Crippen molar-refractivity contribution in [2.24, 2.45) is 16.8 Å². The Morgan fingerprint density at radius 2 is 2.18 bits per heavy atom. The summed E-state index contributed by atoms with van der Waals surface area (Å²) in [5, 5.41) is 11.7. The van der Waals surface area contributed by atoms with E-state index < -0.39 is 0 Å². The fraction of sp³-hybridized carbons (Fsp3) is 0.462. The van der Waals surface area contributed by atoms with Crippen LogP contribution in [0, 0.1) is 5.92 Å². The quantitative estimate of drug-likeness (QED) is 0.355. The Bertz CT molecular complexity index is 400. The van der Waals surface area contributed by atoms with Crippen LogP contribution >= 0.6 is 0 Å². The maximum Gasteiger partial charge on any atom is 0.173 e. The van der Waals surface area contributed by atoms with Gasteiger partial charge >= 0.3 is 0 Å². The molecule has 92 valence electrons. The van der Waals surface area contributed by atoms with Gasteiger partial charge in [-0.3, -0.25) is 0 Å². The van der Waals surface area contributed by atoms with Crippen LogP contribution in [0.2, 0.25) is 0 Å². The van der Waals surface area contributed by atoms with Gasteiger partial charge in [-0.2, -0.15) is 0 Å². The highest BCUT2D eigenvalue weighted by Gasteiger charge is 2.17. The average Bonchev–Trinajstić information content (AvgIpc) is 2.32. The molecule has 3 N–H and O–H groups in total. The minimum absolute atomic E-state index is 0.0873. The van der Waals surface area contributed by atoms with Crippen LogP contribution in [0.15, 0.2) is 29.4 Å². The van der Waals surface area contributed by atoms with Crippen molar-refractivity contribution < 1.29 is 9.94 Å². The fourth-order valence-corrected chi connectivity index (χ4v) is 1.98. The van der Waals surface area contributed by atoms with Crippen molar-refractivity contribution in [3.63, 3.8) is 0 Å². The molecule has 0 unspecified atom stereocenters. The summed E-state index contributed by atoms with van der Waals surface area (Å²) in [6.07, 6.45) is 5.09. The van der Waals surface area contributed by atoms with Crippen LogP contribution in [-0.2, 0) is 0 Å². The first-order chi connectivity index (χ1) is 8.31. The number of amidine groups is 1. The van der Waals surface area contributed by atoms with Crippen LogP contribution in [-0.4, -0.2) is 17.6 Å². The summed E-state index contributed by atoms with van der Waals surface area (Å²) in [6, 6.07) is 7.35. The van der Waals surface area contributed by atoms with Gasteiger partial charge in [-0.05, 0) is 24.5 Å². The standard InChI is InChI=1S/C13H18N2O2/c14-13(15-16)11-6-1-2-7-12(11)17-9-8-10-4-3-5-10/h1-2,6-7,10,16H,3-5,8-9H2,(H2,14,15). The molecule has 2 rings (SSSR count). The molecule has 0 amide bonds. The minimum Gasteiger partial charge on any atom is -0.493 e. The molecule has 1 saturated carbocycles. The second-order valence-electron chi connectivity index (χ2n) is 4.42. The van der Waals surface area contributed by atoms with Gasteiger partial charge in [0.05, 0.1) is 12.2 Å². The smallest absolute Gasteiger partial charge is 0.173 e. The van der Waals surface area contributed by atoms with Gasteiger partial charge in [0.2, 0.25) is 0 Å². The summed E-state index contributed by atoms with van der Waals surface area (Å²) in [5.74, 6) is 1.59. The maximum absolute atomic E-state index is 8.68. The number of nitrogens with zero attached hydrogens (tertiary/aromatic N) is 1. The molecule has 0 radical (unpaired) electrons. The third-order valence-corrected chi connectivity index (χ3v) is 3.28. The second-order valence-corrected chi connectivity index (χ2v) is 4.42. The molecule has 0 bridgehead atoms. The van der Waals surface area contributed by atoms with Crippen molar-refractivity contribution in [2.75, 3.05) is 6.61 Å². The first-order valence-corrected chi connectivity index (χ1v) is 6.01. The summed E-state index contributed by atoms with van der Waals surface area (Å²) in [7, 11) is 0. The van der Waals surface area contributed by atoms with E-state index in [-0.39, 0.29) is 5.84 Å². The summed E-state index contributed by atoms with van der Waals surface area (Å²) < 4.78 is 5.69. The molecule has 1 aliphatic rings. The molecule has 1 aromatic carbocycles. The van der Waals surface area contributed by atoms with E-state index in [1.165, 1.54) is 19.3 Å². The Labute approximate surface area is 101 Å². The van der Waals surface area contributed by atoms with Gasteiger partial charge in [0.1, 0.15) is 5.75 Å². The first-order valence-electron chi connectivity index (χ1n) is 6.01. The van der Waals surface area contributed by atoms with Gasteiger partial charge in [0, 0.05) is 0 Å². The van der Waals surface area contributed by atoms with Crippen molar-refractivity contribution in [3.8, 4) is 5.75 Å². The van der Waals surface area contributed by atoms with Crippen LogP contribution in [0.25, 0.3) is 0 Å². The molecule has 1 aromatic rings. The normalized spacial score (nSPS) is 16.6. The van der Waals surface area contributed by atoms with E-state index in [2.05, 4.69) is 5.16 Å². The van der Waals surface area contributed by atoms with Gasteiger partial charge in [-0.1, -0.05) is 36.6 Å². The van der Waals surface area contributed by atoms with Crippen LogP contribution in [0.1, 0.15) is 31.2 Å². The highest BCUT2D eigenvalue weighted by Crippen LogP contribution is 2.29. The zero-order valence-corrected chi connectivity index (χ0v) is 9.80. The molecule has 0 heterocycles. The predicted molar refractivity (Wildman–Crippen MR) is 66.4 cm³/mol. The van der Waals surface area contributed by atoms with Crippen molar-refractivity contribution in [1.29, 1.82) is 0 Å². The lowest BCUT2D eigenvalue weighted by Gasteiger charge is -2.25. The van der Waals surface area contributed by atoms with E-state index in [1.807, 2.05) is 18.2 Å². The molecule has 0 spiro atoms. The van der Waals surface area contributed by atoms with E-state index in [0.717, 1.165) is 12.3 Å². The van der Waals surface area contributed by atoms with Crippen LogP contribution < -0.4 is 10.5 Å². The number of hydrogen-bond acceptors (Lipinski definition) is 3. The van der Waals surface area contributed by atoms with Gasteiger partial charge in [-0.15, -0.1) is 0 Å². The molecule has 17 heavy (non-hydrogen) atoms. The predicted octanol–water partition coefficient (Wildman–Crippen LogP) is 2.35. The van der Waals surface area contributed by atoms with E-state index in [1.54, 1.807) is 6.07 Å². The molecule has 1 fully saturated rings. The Hall–Kier alpha value is -1.71.